The van der Waals surface area contributed by atoms with Crippen LogP contribution in [0.3, 0.4) is 0 Å². The fourth-order valence-corrected chi connectivity index (χ4v) is 1.78. The minimum absolute atomic E-state index is 0.0289. The smallest absolute Gasteiger partial charge is 0.309 e. The summed E-state index contributed by atoms with van der Waals surface area (Å²) < 4.78 is 4.95. The lowest BCUT2D eigenvalue weighted by Crippen LogP contribution is -2.58. The topological polar surface area (TPSA) is 74.2 Å². The standard InChI is InChI=1S/C10H18N2O3/c1-2-15-10(14)8-3-5-12(6-4-8)9(13)7-11/h8H,2-7,11H2,1H3/p+1. The number of hydrogen-bond acceptors (Lipinski definition) is 3. The summed E-state index contributed by atoms with van der Waals surface area (Å²) in [6.45, 7) is 3.83. The Labute approximate surface area is 89.6 Å². The summed E-state index contributed by atoms with van der Waals surface area (Å²) >= 11 is 0. The molecule has 1 aliphatic rings. The lowest BCUT2D eigenvalue weighted by atomic mass is 9.97. The van der Waals surface area contributed by atoms with Crippen molar-refractivity contribution in [2.45, 2.75) is 19.8 Å². The van der Waals surface area contributed by atoms with Crippen molar-refractivity contribution in [1.82, 2.24) is 4.90 Å². The molecule has 5 nitrogen and oxygen atoms in total. The van der Waals surface area contributed by atoms with Crippen LogP contribution in [0.4, 0.5) is 0 Å². The van der Waals surface area contributed by atoms with Crippen molar-refractivity contribution < 1.29 is 20.1 Å². The highest BCUT2D eigenvalue weighted by Crippen LogP contribution is 2.18. The van der Waals surface area contributed by atoms with Crippen LogP contribution in [0, 0.1) is 5.92 Å². The van der Waals surface area contributed by atoms with E-state index in [4.69, 9.17) is 4.74 Å². The van der Waals surface area contributed by atoms with Gasteiger partial charge in [-0.1, -0.05) is 0 Å². The molecule has 1 saturated heterocycles. The fraction of sp³-hybridized carbons (Fsp3) is 0.800. The summed E-state index contributed by atoms with van der Waals surface area (Å²) in [6.07, 6.45) is 1.43. The van der Waals surface area contributed by atoms with Crippen LogP contribution in [0.25, 0.3) is 0 Å². The van der Waals surface area contributed by atoms with E-state index in [2.05, 4.69) is 5.73 Å². The van der Waals surface area contributed by atoms with Crippen molar-refractivity contribution in [1.29, 1.82) is 0 Å². The predicted octanol–water partition coefficient (Wildman–Crippen LogP) is -0.970. The first kappa shape index (κ1) is 12.0. The van der Waals surface area contributed by atoms with Gasteiger partial charge in [0.25, 0.3) is 5.91 Å². The Morgan fingerprint density at radius 1 is 1.40 bits per heavy atom. The van der Waals surface area contributed by atoms with Gasteiger partial charge in [0.05, 0.1) is 12.5 Å². The molecule has 0 aromatic carbocycles. The van der Waals surface area contributed by atoms with Gasteiger partial charge in [-0.15, -0.1) is 0 Å². The van der Waals surface area contributed by atoms with Gasteiger partial charge in [-0.2, -0.15) is 0 Å². The Morgan fingerprint density at radius 2 is 2.00 bits per heavy atom. The van der Waals surface area contributed by atoms with Gasteiger partial charge in [-0.3, -0.25) is 9.59 Å². The molecule has 0 aliphatic carbocycles. The van der Waals surface area contributed by atoms with Gasteiger partial charge in [0.2, 0.25) is 0 Å². The first-order chi connectivity index (χ1) is 7.19. The molecular formula is C10H19N2O3+. The lowest BCUT2D eigenvalue weighted by molar-refractivity contribution is -0.357. The van der Waals surface area contributed by atoms with Crippen LogP contribution in [0.5, 0.6) is 0 Å². The maximum atomic E-state index is 11.4. The Kier molecular flexibility index (Phi) is 4.55. The zero-order valence-corrected chi connectivity index (χ0v) is 9.20. The number of carbonyl (C=O) groups excluding carboxylic acids is 2. The van der Waals surface area contributed by atoms with Crippen LogP contribution in [0.15, 0.2) is 0 Å². The van der Waals surface area contributed by atoms with Crippen LogP contribution in [0.2, 0.25) is 0 Å². The van der Waals surface area contributed by atoms with Crippen molar-refractivity contribution in [3.05, 3.63) is 0 Å². The van der Waals surface area contributed by atoms with E-state index >= 15 is 0 Å². The number of piperidine rings is 1. The molecule has 1 fully saturated rings. The average Bonchev–Trinajstić information content (AvgIpc) is 2.28. The third kappa shape index (κ3) is 3.20. The highest BCUT2D eigenvalue weighted by Gasteiger charge is 2.27. The van der Waals surface area contributed by atoms with Gasteiger partial charge in [0.1, 0.15) is 0 Å². The number of quaternary nitrogens is 1. The third-order valence-electron chi connectivity index (χ3n) is 2.68. The molecule has 1 amide bonds. The van der Waals surface area contributed by atoms with Crippen LogP contribution in [-0.4, -0.2) is 43.0 Å². The second-order valence-corrected chi connectivity index (χ2v) is 3.66. The quantitative estimate of drug-likeness (QED) is 0.615. The number of amides is 1. The molecule has 0 atom stereocenters. The number of likely N-dealkylation sites (tertiary alicyclic amines) is 1. The molecule has 1 rings (SSSR count). The SMILES string of the molecule is CCOC(=O)C1CCN(C(=O)C[NH3+])CC1. The summed E-state index contributed by atoms with van der Waals surface area (Å²) in [4.78, 5) is 24.5. The van der Waals surface area contributed by atoms with Crippen LogP contribution in [0.1, 0.15) is 19.8 Å². The normalized spacial score (nSPS) is 17.6. The molecule has 5 heteroatoms. The zero-order chi connectivity index (χ0) is 11.3. The van der Waals surface area contributed by atoms with Crippen molar-refractivity contribution in [3.63, 3.8) is 0 Å². The number of carbonyl (C=O) groups is 2. The number of nitrogens with zero attached hydrogens (tertiary/aromatic N) is 1. The molecule has 0 radical (unpaired) electrons. The van der Waals surface area contributed by atoms with Crippen molar-refractivity contribution >= 4 is 11.9 Å². The largest absolute Gasteiger partial charge is 0.466 e. The lowest BCUT2D eigenvalue weighted by Gasteiger charge is -2.29. The van der Waals surface area contributed by atoms with Crippen LogP contribution >= 0.6 is 0 Å². The molecule has 0 aromatic heterocycles. The molecule has 0 aromatic rings. The van der Waals surface area contributed by atoms with Gasteiger partial charge in [-0.05, 0) is 19.8 Å². The Bertz CT molecular complexity index is 235. The summed E-state index contributed by atoms with van der Waals surface area (Å²) in [6, 6.07) is 0. The number of ether oxygens (including phenoxy) is 1. The summed E-state index contributed by atoms with van der Waals surface area (Å²) in [5.74, 6) is -0.0876. The minimum Gasteiger partial charge on any atom is -0.466 e. The van der Waals surface area contributed by atoms with E-state index in [0.717, 1.165) is 0 Å². The number of rotatable bonds is 3. The highest BCUT2D eigenvalue weighted by molar-refractivity contribution is 5.77. The average molecular weight is 215 g/mol. The van der Waals surface area contributed by atoms with E-state index in [1.165, 1.54) is 0 Å². The van der Waals surface area contributed by atoms with Crippen molar-refractivity contribution in [2.75, 3.05) is 26.2 Å². The van der Waals surface area contributed by atoms with Crippen molar-refractivity contribution in [2.24, 2.45) is 5.92 Å². The first-order valence-electron chi connectivity index (χ1n) is 5.42. The highest BCUT2D eigenvalue weighted by atomic mass is 16.5. The van der Waals surface area contributed by atoms with E-state index in [-0.39, 0.29) is 17.8 Å². The van der Waals surface area contributed by atoms with Gasteiger partial charge in [0.15, 0.2) is 6.54 Å². The van der Waals surface area contributed by atoms with E-state index in [0.29, 0.717) is 39.1 Å². The second kappa shape index (κ2) is 5.70. The zero-order valence-electron chi connectivity index (χ0n) is 9.20. The molecule has 1 heterocycles. The molecule has 15 heavy (non-hydrogen) atoms. The molecule has 0 spiro atoms. The molecule has 3 N–H and O–H groups in total. The molecule has 0 bridgehead atoms. The number of esters is 1. The maximum absolute atomic E-state index is 11.4. The summed E-state index contributed by atoms with van der Waals surface area (Å²) in [5, 5.41) is 0. The first-order valence-corrected chi connectivity index (χ1v) is 5.42. The Morgan fingerprint density at radius 3 is 2.47 bits per heavy atom. The maximum Gasteiger partial charge on any atom is 0.309 e. The molecule has 86 valence electrons. The van der Waals surface area contributed by atoms with E-state index in [1.807, 2.05) is 0 Å². The van der Waals surface area contributed by atoms with Gasteiger partial charge < -0.3 is 15.4 Å². The van der Waals surface area contributed by atoms with Gasteiger partial charge in [0, 0.05) is 13.1 Å². The second-order valence-electron chi connectivity index (χ2n) is 3.66. The third-order valence-corrected chi connectivity index (χ3v) is 2.68. The van der Waals surface area contributed by atoms with Crippen molar-refractivity contribution in [3.8, 4) is 0 Å². The monoisotopic (exact) mass is 215 g/mol. The fourth-order valence-electron chi connectivity index (χ4n) is 1.78. The summed E-state index contributed by atoms with van der Waals surface area (Å²) in [5.41, 5.74) is 3.56. The summed E-state index contributed by atoms with van der Waals surface area (Å²) in [7, 11) is 0. The van der Waals surface area contributed by atoms with E-state index in [1.54, 1.807) is 11.8 Å². The van der Waals surface area contributed by atoms with Crippen LogP contribution < -0.4 is 5.73 Å². The molecule has 0 saturated carbocycles. The Hall–Kier alpha value is -1.10. The predicted molar refractivity (Wildman–Crippen MR) is 53.7 cm³/mol. The minimum atomic E-state index is -0.126. The molecular weight excluding hydrogens is 196 g/mol. The van der Waals surface area contributed by atoms with E-state index < -0.39 is 0 Å². The molecule has 0 unspecified atom stereocenters. The van der Waals surface area contributed by atoms with Gasteiger partial charge in [-0.25, -0.2) is 0 Å². The Balaban J connectivity index is 2.35. The molecule has 1 aliphatic heterocycles. The van der Waals surface area contributed by atoms with E-state index in [9.17, 15) is 9.59 Å². The van der Waals surface area contributed by atoms with Crippen LogP contribution in [-0.2, 0) is 14.3 Å². The van der Waals surface area contributed by atoms with Gasteiger partial charge >= 0.3 is 5.97 Å². The number of hydrogen-bond donors (Lipinski definition) is 1.